The third-order valence-corrected chi connectivity index (χ3v) is 2.73. The Morgan fingerprint density at radius 1 is 1.29 bits per heavy atom. The maximum absolute atomic E-state index is 12.0. The van der Waals surface area contributed by atoms with E-state index in [4.69, 9.17) is 0 Å². The van der Waals surface area contributed by atoms with Crippen molar-refractivity contribution in [1.29, 1.82) is 0 Å². The van der Waals surface area contributed by atoms with Crippen LogP contribution in [0.3, 0.4) is 0 Å². The van der Waals surface area contributed by atoms with Gasteiger partial charge < -0.3 is 4.74 Å². The fraction of sp³-hybridized carbons (Fsp3) is 0.818. The molecule has 1 rings (SSSR count). The summed E-state index contributed by atoms with van der Waals surface area (Å²) in [6, 6.07) is 0. The van der Waals surface area contributed by atoms with Gasteiger partial charge in [-0.25, -0.2) is 0 Å². The highest BCUT2D eigenvalue weighted by Gasteiger charge is 2.54. The molecule has 0 radical (unpaired) electrons. The monoisotopic (exact) mass is 198 g/mol. The molecule has 0 atom stereocenters. The summed E-state index contributed by atoms with van der Waals surface area (Å²) in [5.41, 5.74) is -0.754. The van der Waals surface area contributed by atoms with E-state index in [1.165, 1.54) is 7.11 Å². The van der Waals surface area contributed by atoms with Crippen LogP contribution in [0.2, 0.25) is 0 Å². The van der Waals surface area contributed by atoms with Gasteiger partial charge in [0, 0.05) is 10.8 Å². The Balaban J connectivity index is 2.68. The van der Waals surface area contributed by atoms with Crippen LogP contribution < -0.4 is 0 Å². The van der Waals surface area contributed by atoms with Gasteiger partial charge in [-0.1, -0.05) is 20.8 Å². The van der Waals surface area contributed by atoms with E-state index in [0.29, 0.717) is 0 Å². The third-order valence-electron chi connectivity index (χ3n) is 2.73. The van der Waals surface area contributed by atoms with Crippen LogP contribution in [0.25, 0.3) is 0 Å². The number of ether oxygens (including phenoxy) is 1. The van der Waals surface area contributed by atoms with Gasteiger partial charge in [-0.3, -0.25) is 9.59 Å². The molecule has 1 aliphatic rings. The third kappa shape index (κ3) is 2.14. The molecule has 1 aliphatic carbocycles. The highest BCUT2D eigenvalue weighted by Crippen LogP contribution is 2.53. The van der Waals surface area contributed by atoms with Crippen molar-refractivity contribution in [2.24, 2.45) is 10.8 Å². The largest absolute Gasteiger partial charge is 0.469 e. The molecule has 14 heavy (non-hydrogen) atoms. The van der Waals surface area contributed by atoms with Crippen molar-refractivity contribution in [3.63, 3.8) is 0 Å². The van der Waals surface area contributed by atoms with E-state index < -0.39 is 5.41 Å². The summed E-state index contributed by atoms with van der Waals surface area (Å²) in [5.74, 6) is -0.0875. The summed E-state index contributed by atoms with van der Waals surface area (Å²) in [7, 11) is 1.36. The van der Waals surface area contributed by atoms with Crippen molar-refractivity contribution in [2.45, 2.75) is 40.0 Å². The summed E-state index contributed by atoms with van der Waals surface area (Å²) < 4.78 is 4.60. The molecule has 3 nitrogen and oxygen atoms in total. The zero-order valence-corrected chi connectivity index (χ0v) is 9.35. The Bertz CT molecular complexity index is 256. The quantitative estimate of drug-likeness (QED) is 0.651. The Kier molecular flexibility index (Phi) is 2.70. The van der Waals surface area contributed by atoms with E-state index in [1.54, 1.807) is 0 Å². The molecule has 0 amide bonds. The number of hydrogen-bond donors (Lipinski definition) is 0. The Morgan fingerprint density at radius 2 is 1.79 bits per heavy atom. The smallest absolute Gasteiger partial charge is 0.306 e. The lowest BCUT2D eigenvalue weighted by Gasteiger charge is -2.23. The molecular formula is C11H18O3. The highest BCUT2D eigenvalue weighted by atomic mass is 16.5. The first-order valence-electron chi connectivity index (χ1n) is 4.93. The first kappa shape index (κ1) is 11.2. The SMILES string of the molecule is COC(=O)CC1(C(=O)C(C)(C)C)CC1. The molecule has 0 heterocycles. The van der Waals surface area contributed by atoms with Crippen molar-refractivity contribution < 1.29 is 14.3 Å². The zero-order chi connectivity index (χ0) is 11.0. The molecule has 0 aromatic heterocycles. The van der Waals surface area contributed by atoms with Crippen LogP contribution in [0, 0.1) is 10.8 Å². The predicted molar refractivity (Wildman–Crippen MR) is 52.8 cm³/mol. The summed E-state index contributed by atoms with van der Waals surface area (Å²) in [5, 5.41) is 0. The van der Waals surface area contributed by atoms with Crippen molar-refractivity contribution in [1.82, 2.24) is 0 Å². The van der Waals surface area contributed by atoms with Crippen molar-refractivity contribution in [3.05, 3.63) is 0 Å². The maximum atomic E-state index is 12.0. The Hall–Kier alpha value is -0.860. The van der Waals surface area contributed by atoms with Gasteiger partial charge in [0.2, 0.25) is 0 Å². The average Bonchev–Trinajstić information content (AvgIpc) is 2.82. The normalized spacial score (nSPS) is 18.9. The van der Waals surface area contributed by atoms with Gasteiger partial charge in [-0.15, -0.1) is 0 Å². The van der Waals surface area contributed by atoms with Crippen LogP contribution >= 0.6 is 0 Å². The highest BCUT2D eigenvalue weighted by molar-refractivity contribution is 5.94. The molecule has 0 aromatic carbocycles. The Morgan fingerprint density at radius 3 is 2.07 bits per heavy atom. The van der Waals surface area contributed by atoms with Crippen molar-refractivity contribution >= 4 is 11.8 Å². The van der Waals surface area contributed by atoms with E-state index in [0.717, 1.165) is 12.8 Å². The molecule has 0 saturated heterocycles. The number of Topliss-reactive ketones (excluding diaryl/α,β-unsaturated/α-hetero) is 1. The minimum absolute atomic E-state index is 0.190. The van der Waals surface area contributed by atoms with Crippen molar-refractivity contribution in [2.75, 3.05) is 7.11 Å². The van der Waals surface area contributed by atoms with E-state index in [1.807, 2.05) is 20.8 Å². The zero-order valence-electron chi connectivity index (χ0n) is 9.35. The summed E-state index contributed by atoms with van der Waals surface area (Å²) in [6.45, 7) is 5.69. The minimum atomic E-state index is -0.397. The van der Waals surface area contributed by atoms with E-state index in [-0.39, 0.29) is 23.6 Å². The lowest BCUT2D eigenvalue weighted by molar-refractivity contribution is -0.146. The maximum Gasteiger partial charge on any atom is 0.306 e. The van der Waals surface area contributed by atoms with Crippen molar-refractivity contribution in [3.8, 4) is 0 Å². The molecule has 0 aromatic rings. The van der Waals surface area contributed by atoms with Gasteiger partial charge in [-0.2, -0.15) is 0 Å². The van der Waals surface area contributed by atoms with Crippen LogP contribution in [0.5, 0.6) is 0 Å². The van der Waals surface area contributed by atoms with E-state index in [9.17, 15) is 9.59 Å². The topological polar surface area (TPSA) is 43.4 Å². The second-order valence-corrected chi connectivity index (χ2v) is 5.11. The van der Waals surface area contributed by atoms with Gasteiger partial charge in [0.25, 0.3) is 0 Å². The molecule has 0 unspecified atom stereocenters. The van der Waals surface area contributed by atoms with Gasteiger partial charge in [0.15, 0.2) is 0 Å². The van der Waals surface area contributed by atoms with Crippen LogP contribution in [-0.2, 0) is 14.3 Å². The molecule has 0 spiro atoms. The number of hydrogen-bond acceptors (Lipinski definition) is 3. The minimum Gasteiger partial charge on any atom is -0.469 e. The second kappa shape index (κ2) is 3.37. The van der Waals surface area contributed by atoms with E-state index >= 15 is 0 Å². The molecule has 0 bridgehead atoms. The number of carbonyl (C=O) groups is 2. The number of rotatable bonds is 3. The van der Waals surface area contributed by atoms with Gasteiger partial charge in [0.1, 0.15) is 5.78 Å². The van der Waals surface area contributed by atoms with Crippen LogP contribution in [0.4, 0.5) is 0 Å². The average molecular weight is 198 g/mol. The number of methoxy groups -OCH3 is 1. The molecule has 3 heteroatoms. The molecule has 0 aliphatic heterocycles. The second-order valence-electron chi connectivity index (χ2n) is 5.11. The van der Waals surface area contributed by atoms with Crippen LogP contribution in [0.1, 0.15) is 40.0 Å². The number of esters is 1. The molecule has 1 fully saturated rings. The number of ketones is 1. The fourth-order valence-corrected chi connectivity index (χ4v) is 1.78. The van der Waals surface area contributed by atoms with E-state index in [2.05, 4.69) is 4.74 Å². The van der Waals surface area contributed by atoms with Gasteiger partial charge in [-0.05, 0) is 12.8 Å². The van der Waals surface area contributed by atoms with Crippen LogP contribution in [0.15, 0.2) is 0 Å². The molecule has 1 saturated carbocycles. The fourth-order valence-electron chi connectivity index (χ4n) is 1.78. The lowest BCUT2D eigenvalue weighted by Crippen LogP contribution is -2.31. The van der Waals surface area contributed by atoms with Crippen LogP contribution in [-0.4, -0.2) is 18.9 Å². The summed E-state index contributed by atoms with van der Waals surface area (Å²) in [6.07, 6.45) is 1.91. The van der Waals surface area contributed by atoms with Gasteiger partial charge in [0.05, 0.1) is 13.5 Å². The van der Waals surface area contributed by atoms with Gasteiger partial charge >= 0.3 is 5.97 Å². The summed E-state index contributed by atoms with van der Waals surface area (Å²) in [4.78, 5) is 23.1. The predicted octanol–water partition coefficient (Wildman–Crippen LogP) is 1.94. The first-order chi connectivity index (χ1) is 6.32. The molecular weight excluding hydrogens is 180 g/mol. The lowest BCUT2D eigenvalue weighted by atomic mass is 9.79. The molecule has 80 valence electrons. The first-order valence-corrected chi connectivity index (χ1v) is 4.93. The Labute approximate surface area is 84.8 Å². The standard InChI is InChI=1S/C11H18O3/c1-10(2,3)9(13)11(5-6-11)7-8(12)14-4/h5-7H2,1-4H3. The molecule has 0 N–H and O–H groups in total. The summed E-state index contributed by atoms with van der Waals surface area (Å²) >= 11 is 0. The number of carbonyl (C=O) groups excluding carboxylic acids is 2.